The number of aromatic nitrogens is 2. The van der Waals surface area contributed by atoms with E-state index in [1.807, 2.05) is 6.07 Å². The van der Waals surface area contributed by atoms with E-state index in [1.54, 1.807) is 33.8 Å². The number of benzene rings is 2. The molecule has 0 bridgehead atoms. The third-order valence-electron chi connectivity index (χ3n) is 6.35. The van der Waals surface area contributed by atoms with Gasteiger partial charge in [0.1, 0.15) is 11.9 Å². The summed E-state index contributed by atoms with van der Waals surface area (Å²) in [6.45, 7) is 2.45. The molecule has 0 saturated carbocycles. The number of aliphatic hydroxyl groups is 1. The summed E-state index contributed by atoms with van der Waals surface area (Å²) >= 11 is 6.13. The fourth-order valence-corrected chi connectivity index (χ4v) is 5.05. The molecule has 2 aromatic carbocycles. The van der Waals surface area contributed by atoms with Gasteiger partial charge in [0.05, 0.1) is 23.4 Å². The largest absolute Gasteiger partial charge is 0.390 e. The average Bonchev–Trinajstić information content (AvgIpc) is 3.30. The molecule has 1 aliphatic heterocycles. The maximum Gasteiger partial charge on any atom is 0.219 e. The van der Waals surface area contributed by atoms with Gasteiger partial charge in [-0.3, -0.25) is 9.48 Å². The maximum absolute atomic E-state index is 14.5. The summed E-state index contributed by atoms with van der Waals surface area (Å²) in [6, 6.07) is 11.7. The van der Waals surface area contributed by atoms with Gasteiger partial charge in [-0.2, -0.15) is 10.4 Å². The van der Waals surface area contributed by atoms with Crippen LogP contribution in [0.4, 0.5) is 4.39 Å². The highest BCUT2D eigenvalue weighted by Crippen LogP contribution is 2.41. The SMILES string of the molecule is CC(=O)N1CCc2c(c(-c3cccc(C#N)c3)nn2[C@@H]2c3cc(Cl)cc(F)c3C[C@H]2O)C1. The van der Waals surface area contributed by atoms with Crippen LogP contribution in [0.5, 0.6) is 0 Å². The molecule has 32 heavy (non-hydrogen) atoms. The summed E-state index contributed by atoms with van der Waals surface area (Å²) in [5, 5.41) is 25.4. The summed E-state index contributed by atoms with van der Waals surface area (Å²) in [5.74, 6) is -0.458. The first-order chi connectivity index (χ1) is 15.4. The lowest BCUT2D eigenvalue weighted by molar-refractivity contribution is -0.129. The number of hydrogen-bond donors (Lipinski definition) is 1. The van der Waals surface area contributed by atoms with Crippen LogP contribution in [0.3, 0.4) is 0 Å². The van der Waals surface area contributed by atoms with Gasteiger partial charge in [-0.25, -0.2) is 4.39 Å². The Balaban J connectivity index is 1.70. The van der Waals surface area contributed by atoms with E-state index in [0.29, 0.717) is 41.9 Å². The molecule has 2 aliphatic rings. The van der Waals surface area contributed by atoms with Gasteiger partial charge in [0.2, 0.25) is 5.91 Å². The van der Waals surface area contributed by atoms with Crippen molar-refractivity contribution in [3.05, 3.63) is 75.2 Å². The zero-order valence-electron chi connectivity index (χ0n) is 17.3. The molecule has 0 fully saturated rings. The van der Waals surface area contributed by atoms with Crippen LogP contribution in [0.15, 0.2) is 36.4 Å². The second kappa shape index (κ2) is 7.73. The molecule has 0 unspecified atom stereocenters. The number of aliphatic hydroxyl groups excluding tert-OH is 1. The zero-order chi connectivity index (χ0) is 22.6. The third-order valence-corrected chi connectivity index (χ3v) is 6.57. The van der Waals surface area contributed by atoms with Crippen LogP contribution in [0, 0.1) is 17.1 Å². The molecule has 2 heterocycles. The number of carbonyl (C=O) groups excluding carboxylic acids is 1. The predicted octanol–water partition coefficient (Wildman–Crippen LogP) is 3.63. The van der Waals surface area contributed by atoms with Crippen molar-refractivity contribution in [3.8, 4) is 17.3 Å². The highest BCUT2D eigenvalue weighted by atomic mass is 35.5. The van der Waals surface area contributed by atoms with Crippen LogP contribution >= 0.6 is 11.6 Å². The van der Waals surface area contributed by atoms with Gasteiger partial charge < -0.3 is 10.0 Å². The van der Waals surface area contributed by atoms with E-state index in [1.165, 1.54) is 13.0 Å². The van der Waals surface area contributed by atoms with Gasteiger partial charge in [0.25, 0.3) is 0 Å². The molecule has 6 nitrogen and oxygen atoms in total. The van der Waals surface area contributed by atoms with E-state index < -0.39 is 18.0 Å². The van der Waals surface area contributed by atoms with E-state index in [9.17, 15) is 19.6 Å². The van der Waals surface area contributed by atoms with Crippen molar-refractivity contribution in [2.75, 3.05) is 6.54 Å². The molecule has 0 saturated heterocycles. The maximum atomic E-state index is 14.5. The van der Waals surface area contributed by atoms with Gasteiger partial charge >= 0.3 is 0 Å². The Hall–Kier alpha value is -3.21. The summed E-state index contributed by atoms with van der Waals surface area (Å²) in [4.78, 5) is 13.8. The predicted molar refractivity (Wildman–Crippen MR) is 116 cm³/mol. The molecule has 162 valence electrons. The Morgan fingerprint density at radius 3 is 2.88 bits per heavy atom. The molecular weight excluding hydrogens is 431 g/mol. The van der Waals surface area contributed by atoms with E-state index in [4.69, 9.17) is 16.7 Å². The summed E-state index contributed by atoms with van der Waals surface area (Å²) in [6.07, 6.45) is -0.121. The molecule has 1 amide bonds. The Morgan fingerprint density at radius 1 is 1.31 bits per heavy atom. The number of nitrogens with zero attached hydrogens (tertiary/aromatic N) is 4. The van der Waals surface area contributed by atoms with E-state index >= 15 is 0 Å². The van der Waals surface area contributed by atoms with E-state index in [0.717, 1.165) is 16.8 Å². The second-order valence-electron chi connectivity index (χ2n) is 8.27. The molecule has 1 aromatic heterocycles. The standard InChI is InChI=1S/C24H20ClFN4O2/c1-13(31)29-6-5-21-19(12-29)23(15-4-2-3-14(7-15)11-27)28-30(21)24-18-8-16(25)9-20(26)17(18)10-22(24)32/h2-4,7-9,22,24,32H,5-6,10,12H2,1H3/t22-,24-/m1/s1. The van der Waals surface area contributed by atoms with Crippen LogP contribution in [0.1, 0.15) is 40.9 Å². The first-order valence-corrected chi connectivity index (χ1v) is 10.8. The fourth-order valence-electron chi connectivity index (χ4n) is 4.84. The van der Waals surface area contributed by atoms with Crippen molar-refractivity contribution in [1.82, 2.24) is 14.7 Å². The number of rotatable bonds is 2. The summed E-state index contributed by atoms with van der Waals surface area (Å²) in [5.41, 5.74) is 4.78. The molecule has 2 atom stereocenters. The lowest BCUT2D eigenvalue weighted by Crippen LogP contribution is -2.35. The van der Waals surface area contributed by atoms with Crippen LogP contribution in [-0.4, -0.2) is 38.3 Å². The Morgan fingerprint density at radius 2 is 2.12 bits per heavy atom. The summed E-state index contributed by atoms with van der Waals surface area (Å²) in [7, 11) is 0. The normalized spacial score (nSPS) is 19.4. The first kappa shape index (κ1) is 20.7. The molecule has 5 rings (SSSR count). The minimum atomic E-state index is -0.855. The van der Waals surface area contributed by atoms with Crippen molar-refractivity contribution in [1.29, 1.82) is 5.26 Å². The number of nitriles is 1. The third kappa shape index (κ3) is 3.27. The fraction of sp³-hybridized carbons (Fsp3) is 0.292. The van der Waals surface area contributed by atoms with Crippen LogP contribution in [0.25, 0.3) is 11.3 Å². The van der Waals surface area contributed by atoms with Crippen LogP contribution < -0.4 is 0 Å². The minimum Gasteiger partial charge on any atom is -0.390 e. The Bertz CT molecular complexity index is 1300. The molecule has 3 aromatic rings. The van der Waals surface area contributed by atoms with Crippen molar-refractivity contribution in [3.63, 3.8) is 0 Å². The Kier molecular flexibility index (Phi) is 5.00. The first-order valence-electron chi connectivity index (χ1n) is 10.4. The molecule has 1 N–H and O–H groups in total. The number of carbonyl (C=O) groups is 1. The quantitative estimate of drug-likeness (QED) is 0.646. The number of hydrogen-bond acceptors (Lipinski definition) is 4. The van der Waals surface area contributed by atoms with Gasteiger partial charge in [-0.1, -0.05) is 23.7 Å². The topological polar surface area (TPSA) is 82.2 Å². The van der Waals surface area contributed by atoms with Gasteiger partial charge in [0.15, 0.2) is 0 Å². The lowest BCUT2D eigenvalue weighted by atomic mass is 9.99. The molecule has 1 aliphatic carbocycles. The van der Waals surface area contributed by atoms with E-state index in [-0.39, 0.29) is 17.4 Å². The number of amides is 1. The number of fused-ring (bicyclic) bond motifs is 2. The molecule has 8 heteroatoms. The lowest BCUT2D eigenvalue weighted by Gasteiger charge is -2.28. The number of halogens is 2. The minimum absolute atomic E-state index is 0.0276. The average molecular weight is 451 g/mol. The van der Waals surface area contributed by atoms with Crippen molar-refractivity contribution in [2.45, 2.75) is 38.5 Å². The second-order valence-corrected chi connectivity index (χ2v) is 8.71. The molecule has 0 radical (unpaired) electrons. The smallest absolute Gasteiger partial charge is 0.219 e. The molecule has 0 spiro atoms. The van der Waals surface area contributed by atoms with Crippen molar-refractivity contribution < 1.29 is 14.3 Å². The van der Waals surface area contributed by atoms with Crippen LogP contribution in [0.2, 0.25) is 5.02 Å². The van der Waals surface area contributed by atoms with Gasteiger partial charge in [0, 0.05) is 54.7 Å². The van der Waals surface area contributed by atoms with Crippen molar-refractivity contribution in [2.24, 2.45) is 0 Å². The van der Waals surface area contributed by atoms with Gasteiger partial charge in [-0.05, 0) is 35.4 Å². The Labute approximate surface area is 189 Å². The monoisotopic (exact) mass is 450 g/mol. The van der Waals surface area contributed by atoms with Crippen molar-refractivity contribution >= 4 is 17.5 Å². The highest BCUT2D eigenvalue weighted by Gasteiger charge is 2.39. The zero-order valence-corrected chi connectivity index (χ0v) is 18.1. The summed E-state index contributed by atoms with van der Waals surface area (Å²) < 4.78 is 16.3. The highest BCUT2D eigenvalue weighted by molar-refractivity contribution is 6.30. The van der Waals surface area contributed by atoms with Crippen LogP contribution in [-0.2, 0) is 24.2 Å². The van der Waals surface area contributed by atoms with E-state index in [2.05, 4.69) is 6.07 Å². The van der Waals surface area contributed by atoms with Gasteiger partial charge in [-0.15, -0.1) is 0 Å². The molecular formula is C24H20ClFN4O2.